The van der Waals surface area contributed by atoms with Gasteiger partial charge in [-0.05, 0) is 54.3 Å². The van der Waals surface area contributed by atoms with Crippen molar-refractivity contribution < 1.29 is 22.7 Å². The lowest BCUT2D eigenvalue weighted by Gasteiger charge is -2.34. The molecule has 0 heterocycles. The van der Waals surface area contributed by atoms with Crippen molar-refractivity contribution in [3.8, 4) is 5.75 Å². The highest BCUT2D eigenvalue weighted by Gasteiger charge is 2.34. The lowest BCUT2D eigenvalue weighted by molar-refractivity contribution is -0.140. The molecule has 1 atom stereocenters. The fourth-order valence-corrected chi connectivity index (χ4v) is 6.36. The van der Waals surface area contributed by atoms with Crippen LogP contribution in [0, 0.1) is 0 Å². The first-order valence-electron chi connectivity index (χ1n) is 13.6. The third kappa shape index (κ3) is 8.56. The van der Waals surface area contributed by atoms with Gasteiger partial charge >= 0.3 is 0 Å². The second-order valence-corrected chi connectivity index (χ2v) is 13.1. The van der Waals surface area contributed by atoms with Gasteiger partial charge in [-0.25, -0.2) is 8.42 Å². The molecule has 8 nitrogen and oxygen atoms in total. The van der Waals surface area contributed by atoms with Gasteiger partial charge in [0.15, 0.2) is 0 Å². The van der Waals surface area contributed by atoms with Crippen molar-refractivity contribution in [1.82, 2.24) is 10.2 Å². The molecule has 1 aliphatic carbocycles. The van der Waals surface area contributed by atoms with E-state index in [0.717, 1.165) is 47.4 Å². The Morgan fingerprint density at radius 1 is 0.976 bits per heavy atom. The van der Waals surface area contributed by atoms with E-state index in [1.807, 2.05) is 54.6 Å². The highest BCUT2D eigenvalue weighted by atomic mass is 79.9. The maximum Gasteiger partial charge on any atom is 0.244 e. The van der Waals surface area contributed by atoms with Crippen LogP contribution in [0.1, 0.15) is 36.8 Å². The van der Waals surface area contributed by atoms with Crippen molar-refractivity contribution in [2.75, 3.05) is 24.2 Å². The number of carbonyl (C=O) groups excluding carboxylic acids is 2. The van der Waals surface area contributed by atoms with Crippen molar-refractivity contribution in [2.45, 2.75) is 50.7 Å². The van der Waals surface area contributed by atoms with Crippen LogP contribution in [-0.4, -0.2) is 57.1 Å². The molecule has 1 fully saturated rings. The molecule has 1 aliphatic rings. The lowest BCUT2D eigenvalue weighted by atomic mass is 10.0. The Morgan fingerprint density at radius 3 is 2.32 bits per heavy atom. The number of rotatable bonds is 12. The summed E-state index contributed by atoms with van der Waals surface area (Å²) in [5, 5.41) is 3.17. The van der Waals surface area contributed by atoms with Crippen molar-refractivity contribution in [3.05, 3.63) is 94.5 Å². The topological polar surface area (TPSA) is 96.0 Å². The summed E-state index contributed by atoms with van der Waals surface area (Å²) in [5.74, 6) is -0.108. The summed E-state index contributed by atoms with van der Waals surface area (Å²) >= 11 is 3.39. The summed E-state index contributed by atoms with van der Waals surface area (Å²) in [5.41, 5.74) is 2.01. The van der Waals surface area contributed by atoms with Crippen LogP contribution in [0.3, 0.4) is 0 Å². The average Bonchev–Trinajstić information content (AvgIpc) is 3.46. The summed E-state index contributed by atoms with van der Waals surface area (Å²) in [4.78, 5) is 29.6. The van der Waals surface area contributed by atoms with Crippen LogP contribution in [0.25, 0.3) is 0 Å². The van der Waals surface area contributed by atoms with Crippen LogP contribution in [0.4, 0.5) is 5.69 Å². The Kier molecular flexibility index (Phi) is 10.4. The van der Waals surface area contributed by atoms with Gasteiger partial charge in [-0.3, -0.25) is 13.9 Å². The van der Waals surface area contributed by atoms with Crippen molar-refractivity contribution in [1.29, 1.82) is 0 Å². The second kappa shape index (κ2) is 14.0. The normalized spacial score (nSPS) is 14.3. The summed E-state index contributed by atoms with van der Waals surface area (Å²) in [6.07, 6.45) is 5.26. The molecule has 1 saturated carbocycles. The number of halogens is 1. The molecule has 41 heavy (non-hydrogen) atoms. The molecule has 0 aliphatic heterocycles. The van der Waals surface area contributed by atoms with Crippen LogP contribution in [-0.2, 0) is 32.6 Å². The fraction of sp³-hybridized carbons (Fsp3) is 0.355. The van der Waals surface area contributed by atoms with E-state index < -0.39 is 28.5 Å². The van der Waals surface area contributed by atoms with E-state index in [0.29, 0.717) is 15.9 Å². The van der Waals surface area contributed by atoms with E-state index in [1.165, 1.54) is 4.90 Å². The maximum atomic E-state index is 14.2. The molecule has 1 N–H and O–H groups in total. The molecule has 0 saturated heterocycles. The minimum absolute atomic E-state index is 0.0590. The van der Waals surface area contributed by atoms with Crippen molar-refractivity contribution in [3.63, 3.8) is 0 Å². The molecule has 0 spiro atoms. The van der Waals surface area contributed by atoms with Crippen LogP contribution in [0.15, 0.2) is 83.3 Å². The SMILES string of the molecule is COc1cccc(CN(C(=O)CN(c2cccc(Br)c2)S(C)(=O)=O)[C@@H](Cc2ccccc2)C(=O)NC2CCCC2)c1. The van der Waals surface area contributed by atoms with Crippen molar-refractivity contribution >= 4 is 43.5 Å². The minimum atomic E-state index is -3.83. The van der Waals surface area contributed by atoms with Gasteiger partial charge < -0.3 is 15.0 Å². The predicted octanol–water partition coefficient (Wildman–Crippen LogP) is 4.92. The molecule has 3 aromatic carbocycles. The van der Waals surface area contributed by atoms with Gasteiger partial charge in [0.05, 0.1) is 19.1 Å². The number of nitrogens with zero attached hydrogens (tertiary/aromatic N) is 2. The highest BCUT2D eigenvalue weighted by molar-refractivity contribution is 9.10. The monoisotopic (exact) mass is 641 g/mol. The third-order valence-corrected chi connectivity index (χ3v) is 8.87. The van der Waals surface area contributed by atoms with E-state index >= 15 is 0 Å². The molecule has 2 amide bonds. The number of hydrogen-bond donors (Lipinski definition) is 1. The van der Waals surface area contributed by atoms with Gasteiger partial charge in [-0.2, -0.15) is 0 Å². The molecule has 0 bridgehead atoms. The number of sulfonamides is 1. The number of hydrogen-bond acceptors (Lipinski definition) is 5. The van der Waals surface area contributed by atoms with Crippen LogP contribution in [0.2, 0.25) is 0 Å². The molecular weight excluding hydrogens is 606 g/mol. The fourth-order valence-electron chi connectivity index (χ4n) is 5.13. The Labute approximate surface area is 250 Å². The number of benzene rings is 3. The van der Waals surface area contributed by atoms with Gasteiger partial charge in [0, 0.05) is 23.5 Å². The zero-order chi connectivity index (χ0) is 29.4. The van der Waals surface area contributed by atoms with E-state index in [4.69, 9.17) is 4.74 Å². The first kappa shape index (κ1) is 30.6. The Morgan fingerprint density at radius 2 is 1.66 bits per heavy atom. The predicted molar refractivity (Wildman–Crippen MR) is 164 cm³/mol. The van der Waals surface area contributed by atoms with Crippen molar-refractivity contribution in [2.24, 2.45) is 0 Å². The van der Waals surface area contributed by atoms with E-state index in [1.54, 1.807) is 31.4 Å². The largest absolute Gasteiger partial charge is 0.497 e. The van der Waals surface area contributed by atoms with Crippen LogP contribution in [0.5, 0.6) is 5.75 Å². The molecule has 0 radical (unpaired) electrons. The van der Waals surface area contributed by atoms with Crippen LogP contribution >= 0.6 is 15.9 Å². The molecule has 0 aromatic heterocycles. The molecule has 4 rings (SSSR count). The number of nitrogens with one attached hydrogen (secondary N) is 1. The number of methoxy groups -OCH3 is 1. The standard InChI is InChI=1S/C31H36BrN3O5S/c1-40-28-17-8-12-24(18-28)21-34(30(36)22-35(41(2,38)39)27-16-9-13-25(32)20-27)29(19-23-10-4-3-5-11-23)31(37)33-26-14-6-7-15-26/h3-5,8-13,16-18,20,26,29H,6-7,14-15,19,21-22H2,1-2H3,(H,33,37)/t29-/m0/s1. The van der Waals surface area contributed by atoms with Gasteiger partial charge in [0.1, 0.15) is 18.3 Å². The zero-order valence-electron chi connectivity index (χ0n) is 23.3. The summed E-state index contributed by atoms with van der Waals surface area (Å²) < 4.78 is 33.0. The van der Waals surface area contributed by atoms with E-state index in [-0.39, 0.29) is 24.9 Å². The zero-order valence-corrected chi connectivity index (χ0v) is 25.7. The maximum absolute atomic E-state index is 14.2. The highest BCUT2D eigenvalue weighted by Crippen LogP contribution is 2.25. The lowest BCUT2D eigenvalue weighted by Crippen LogP contribution is -2.54. The van der Waals surface area contributed by atoms with E-state index in [2.05, 4.69) is 21.2 Å². The van der Waals surface area contributed by atoms with Gasteiger partial charge in [0.25, 0.3) is 0 Å². The van der Waals surface area contributed by atoms with E-state index in [9.17, 15) is 18.0 Å². The van der Waals surface area contributed by atoms with Gasteiger partial charge in [-0.1, -0.05) is 77.3 Å². The molecule has 10 heteroatoms. The average molecular weight is 643 g/mol. The smallest absolute Gasteiger partial charge is 0.244 e. The number of amides is 2. The Hall–Kier alpha value is -3.37. The third-order valence-electron chi connectivity index (χ3n) is 7.24. The summed E-state index contributed by atoms with van der Waals surface area (Å²) in [6.45, 7) is -0.358. The van der Waals surface area contributed by atoms with Gasteiger partial charge in [0.2, 0.25) is 21.8 Å². The first-order chi connectivity index (χ1) is 19.6. The van der Waals surface area contributed by atoms with Crippen LogP contribution < -0.4 is 14.4 Å². The molecule has 218 valence electrons. The minimum Gasteiger partial charge on any atom is -0.497 e. The first-order valence-corrected chi connectivity index (χ1v) is 16.3. The molecular formula is C31H36BrN3O5S. The summed E-state index contributed by atoms with van der Waals surface area (Å²) in [6, 6.07) is 22.8. The molecule has 0 unspecified atom stereocenters. The Balaban J connectivity index is 1.73. The second-order valence-electron chi connectivity index (χ2n) is 10.3. The molecule has 3 aromatic rings. The quantitative estimate of drug-likeness (QED) is 0.303. The van der Waals surface area contributed by atoms with Gasteiger partial charge in [-0.15, -0.1) is 0 Å². The number of anilines is 1. The Bertz CT molecular complexity index is 1440. The summed E-state index contributed by atoms with van der Waals surface area (Å²) in [7, 11) is -2.26. The number of carbonyl (C=O) groups is 2. The number of ether oxygens (including phenoxy) is 1.